The summed E-state index contributed by atoms with van der Waals surface area (Å²) < 4.78 is 5.92. The molecule has 6 nitrogen and oxygen atoms in total. The topological polar surface area (TPSA) is 101 Å². The van der Waals surface area contributed by atoms with E-state index in [1.54, 1.807) is 6.08 Å². The zero-order chi connectivity index (χ0) is 22.6. The Labute approximate surface area is 184 Å². The Morgan fingerprint density at radius 3 is 2.61 bits per heavy atom. The molecule has 3 saturated carbocycles. The van der Waals surface area contributed by atoms with E-state index in [2.05, 4.69) is 6.92 Å². The fraction of sp³-hybridized carbons (Fsp3) is 0.800. The first kappa shape index (κ1) is 22.7. The number of Topliss-reactive ketones (excluding diaryl/α,β-unsaturated/α-hetero) is 1. The van der Waals surface area contributed by atoms with Gasteiger partial charge in [-0.1, -0.05) is 26.3 Å². The van der Waals surface area contributed by atoms with E-state index < -0.39 is 35.5 Å². The molecule has 0 aliphatic heterocycles. The molecule has 4 rings (SSSR count). The number of aliphatic hydroxyl groups excluding tert-OH is 2. The Morgan fingerprint density at radius 1 is 1.19 bits per heavy atom. The Hall–Kier alpha value is -1.53. The Morgan fingerprint density at radius 2 is 1.94 bits per heavy atom. The normalized spacial score (nSPS) is 44.0. The van der Waals surface area contributed by atoms with Crippen molar-refractivity contribution in [3.05, 3.63) is 11.6 Å². The standard InChI is InChI=1S/C25H36O6/c1-4-5-21(30)31-25(20(29)14-26)11-9-18-17-7-6-15-12-16(27)8-10-23(15,2)22(17)19(28)13-24(18,25)3/h12,17-19,22,26,28H,4-11,13-14H2,1-3H3/t17-,18-,19+,22+,23+,24-,25-/m1/s1. The molecule has 0 heterocycles. The SMILES string of the molecule is CCCC(=O)O[C@@]1(C(=O)CO)CC[C@@H]2[C@H]3CCC4=CC(=O)CC[C@]4(C)[C@@H]3[C@@H](O)C[C@]21C. The monoisotopic (exact) mass is 432 g/mol. The number of carbonyl (C=O) groups excluding carboxylic acids is 3. The van der Waals surface area contributed by atoms with Gasteiger partial charge in [0.1, 0.15) is 6.61 Å². The predicted molar refractivity (Wildman–Crippen MR) is 114 cm³/mol. The van der Waals surface area contributed by atoms with Crippen LogP contribution >= 0.6 is 0 Å². The van der Waals surface area contributed by atoms with Crippen LogP contribution in [0.4, 0.5) is 0 Å². The average molecular weight is 433 g/mol. The second kappa shape index (κ2) is 7.80. The van der Waals surface area contributed by atoms with Crippen molar-refractivity contribution < 1.29 is 29.3 Å². The smallest absolute Gasteiger partial charge is 0.306 e. The molecule has 3 fully saturated rings. The van der Waals surface area contributed by atoms with Crippen LogP contribution in [0.15, 0.2) is 11.6 Å². The third-order valence-electron chi connectivity index (χ3n) is 9.35. The number of aliphatic hydroxyl groups is 2. The zero-order valence-corrected chi connectivity index (χ0v) is 19.0. The molecule has 0 amide bonds. The summed E-state index contributed by atoms with van der Waals surface area (Å²) in [5.41, 5.74) is -1.12. The third kappa shape index (κ3) is 3.16. The summed E-state index contributed by atoms with van der Waals surface area (Å²) in [4.78, 5) is 37.6. The Balaban J connectivity index is 1.73. The molecular weight excluding hydrogens is 396 g/mol. The van der Waals surface area contributed by atoms with Crippen LogP contribution in [0.2, 0.25) is 0 Å². The van der Waals surface area contributed by atoms with E-state index >= 15 is 0 Å². The zero-order valence-electron chi connectivity index (χ0n) is 19.0. The number of hydrogen-bond donors (Lipinski definition) is 2. The number of esters is 1. The first-order chi connectivity index (χ1) is 14.6. The lowest BCUT2D eigenvalue weighted by Crippen LogP contribution is -2.63. The van der Waals surface area contributed by atoms with Crippen LogP contribution in [0, 0.1) is 28.6 Å². The van der Waals surface area contributed by atoms with Gasteiger partial charge in [0.2, 0.25) is 5.78 Å². The largest absolute Gasteiger partial charge is 0.450 e. The predicted octanol–water partition coefficient (Wildman–Crippen LogP) is 3.13. The van der Waals surface area contributed by atoms with Crippen molar-refractivity contribution >= 4 is 17.5 Å². The van der Waals surface area contributed by atoms with Crippen LogP contribution in [0.1, 0.15) is 78.6 Å². The van der Waals surface area contributed by atoms with Crippen molar-refractivity contribution in [1.82, 2.24) is 0 Å². The van der Waals surface area contributed by atoms with Gasteiger partial charge in [-0.05, 0) is 74.2 Å². The van der Waals surface area contributed by atoms with E-state index in [1.165, 1.54) is 0 Å². The Kier molecular flexibility index (Phi) is 5.70. The lowest BCUT2D eigenvalue weighted by Gasteiger charge is -2.60. The minimum absolute atomic E-state index is 0.0325. The molecule has 7 atom stereocenters. The van der Waals surface area contributed by atoms with E-state index in [0.29, 0.717) is 25.7 Å². The molecular formula is C25H36O6. The number of ketones is 2. The molecule has 0 saturated heterocycles. The summed E-state index contributed by atoms with van der Waals surface area (Å²) in [7, 11) is 0. The summed E-state index contributed by atoms with van der Waals surface area (Å²) in [5, 5.41) is 21.3. The van der Waals surface area contributed by atoms with Crippen LogP contribution in [-0.4, -0.2) is 46.1 Å². The number of allylic oxidation sites excluding steroid dienone is 1. The number of rotatable bonds is 5. The third-order valence-corrected chi connectivity index (χ3v) is 9.35. The van der Waals surface area contributed by atoms with Crippen LogP contribution in [0.3, 0.4) is 0 Å². The molecule has 0 unspecified atom stereocenters. The molecule has 0 bridgehead atoms. The van der Waals surface area contributed by atoms with Gasteiger partial charge in [-0.25, -0.2) is 0 Å². The van der Waals surface area contributed by atoms with Crippen molar-refractivity contribution in [1.29, 1.82) is 0 Å². The summed E-state index contributed by atoms with van der Waals surface area (Å²) >= 11 is 0. The van der Waals surface area contributed by atoms with Gasteiger partial charge >= 0.3 is 5.97 Å². The second-order valence-corrected chi connectivity index (χ2v) is 10.7. The summed E-state index contributed by atoms with van der Waals surface area (Å²) in [5.74, 6) is -0.320. The van der Waals surface area contributed by atoms with Gasteiger partial charge in [0, 0.05) is 18.3 Å². The van der Waals surface area contributed by atoms with E-state index in [1.807, 2.05) is 13.8 Å². The minimum atomic E-state index is -1.37. The van der Waals surface area contributed by atoms with Crippen LogP contribution in [-0.2, 0) is 19.1 Å². The first-order valence-electron chi connectivity index (χ1n) is 11.9. The van der Waals surface area contributed by atoms with Gasteiger partial charge < -0.3 is 14.9 Å². The van der Waals surface area contributed by atoms with Crippen LogP contribution in [0.25, 0.3) is 0 Å². The minimum Gasteiger partial charge on any atom is -0.450 e. The number of carbonyl (C=O) groups is 3. The van der Waals surface area contributed by atoms with Crippen LogP contribution in [0.5, 0.6) is 0 Å². The molecule has 4 aliphatic rings. The van der Waals surface area contributed by atoms with E-state index in [9.17, 15) is 24.6 Å². The molecule has 6 heteroatoms. The molecule has 0 aromatic heterocycles. The van der Waals surface area contributed by atoms with Gasteiger partial charge in [0.15, 0.2) is 11.4 Å². The van der Waals surface area contributed by atoms with Gasteiger partial charge in [0.05, 0.1) is 6.10 Å². The van der Waals surface area contributed by atoms with Gasteiger partial charge in [-0.3, -0.25) is 14.4 Å². The summed E-state index contributed by atoms with van der Waals surface area (Å²) in [6, 6.07) is 0. The molecule has 31 heavy (non-hydrogen) atoms. The molecule has 0 radical (unpaired) electrons. The van der Waals surface area contributed by atoms with Gasteiger partial charge in [0.25, 0.3) is 0 Å². The van der Waals surface area contributed by atoms with Crippen molar-refractivity contribution in [3.63, 3.8) is 0 Å². The maximum Gasteiger partial charge on any atom is 0.306 e. The number of hydrogen-bond acceptors (Lipinski definition) is 6. The fourth-order valence-corrected chi connectivity index (χ4v) is 7.94. The van der Waals surface area contributed by atoms with Crippen molar-refractivity contribution in [3.8, 4) is 0 Å². The van der Waals surface area contributed by atoms with Crippen LogP contribution < -0.4 is 0 Å². The average Bonchev–Trinajstić information content (AvgIpc) is 3.00. The van der Waals surface area contributed by atoms with E-state index in [0.717, 1.165) is 31.3 Å². The number of fused-ring (bicyclic) bond motifs is 5. The highest BCUT2D eigenvalue weighted by Gasteiger charge is 2.70. The summed E-state index contributed by atoms with van der Waals surface area (Å²) in [6.07, 6.45) is 6.48. The number of ether oxygens (including phenoxy) is 1. The molecule has 4 aliphatic carbocycles. The Bertz CT molecular complexity index is 817. The second-order valence-electron chi connectivity index (χ2n) is 10.7. The van der Waals surface area contributed by atoms with Crippen molar-refractivity contribution in [2.45, 2.75) is 90.3 Å². The van der Waals surface area contributed by atoms with E-state index in [4.69, 9.17) is 4.74 Å². The van der Waals surface area contributed by atoms with E-state index in [-0.39, 0.29) is 35.4 Å². The van der Waals surface area contributed by atoms with Gasteiger partial charge in [-0.15, -0.1) is 0 Å². The highest BCUT2D eigenvalue weighted by atomic mass is 16.6. The fourth-order valence-electron chi connectivity index (χ4n) is 7.94. The highest BCUT2D eigenvalue weighted by molar-refractivity contribution is 5.92. The lowest BCUT2D eigenvalue weighted by molar-refractivity contribution is -0.202. The molecule has 2 N–H and O–H groups in total. The van der Waals surface area contributed by atoms with Crippen molar-refractivity contribution in [2.75, 3.05) is 6.61 Å². The summed E-state index contributed by atoms with van der Waals surface area (Å²) in [6.45, 7) is 5.39. The highest BCUT2D eigenvalue weighted by Crippen LogP contribution is 2.68. The first-order valence-corrected chi connectivity index (χ1v) is 11.9. The molecule has 0 spiro atoms. The quantitative estimate of drug-likeness (QED) is 0.648. The lowest BCUT2D eigenvalue weighted by atomic mass is 9.45. The molecule has 172 valence electrons. The van der Waals surface area contributed by atoms with Crippen molar-refractivity contribution in [2.24, 2.45) is 28.6 Å². The molecule has 0 aromatic rings. The molecule has 0 aromatic carbocycles. The van der Waals surface area contributed by atoms with Gasteiger partial charge in [-0.2, -0.15) is 0 Å². The maximum absolute atomic E-state index is 13.1. The maximum atomic E-state index is 13.1.